The van der Waals surface area contributed by atoms with Crippen LogP contribution in [0, 0.1) is 6.92 Å². The second-order valence-corrected chi connectivity index (χ2v) is 3.40. The Kier molecular flexibility index (Phi) is 3.28. The van der Waals surface area contributed by atoms with Crippen LogP contribution in [-0.2, 0) is 4.79 Å². The van der Waals surface area contributed by atoms with Crippen LogP contribution >= 0.6 is 11.6 Å². The standard InChI is InChI=1S/C8H9ClF2N2O2/c1-3-5(9)6(7(10)11)12-13(3)4(2)8(14)15/h4,7H,1-2H3,(H,14,15)/p-1/t4-/m0/s1. The largest absolute Gasteiger partial charge is 0.548 e. The summed E-state index contributed by atoms with van der Waals surface area (Å²) in [6, 6.07) is -1.13. The summed E-state index contributed by atoms with van der Waals surface area (Å²) >= 11 is 5.58. The Labute approximate surface area is 89.5 Å². The summed E-state index contributed by atoms with van der Waals surface area (Å²) in [4.78, 5) is 10.5. The van der Waals surface area contributed by atoms with E-state index in [1.807, 2.05) is 0 Å². The second-order valence-electron chi connectivity index (χ2n) is 3.02. The summed E-state index contributed by atoms with van der Waals surface area (Å²) in [6.07, 6.45) is -2.83. The zero-order valence-corrected chi connectivity index (χ0v) is 8.76. The van der Waals surface area contributed by atoms with Gasteiger partial charge in [-0.2, -0.15) is 5.10 Å². The van der Waals surface area contributed by atoms with Gasteiger partial charge < -0.3 is 9.90 Å². The van der Waals surface area contributed by atoms with Crippen molar-refractivity contribution >= 4 is 17.6 Å². The smallest absolute Gasteiger partial charge is 0.283 e. The third kappa shape index (κ3) is 2.09. The highest BCUT2D eigenvalue weighted by molar-refractivity contribution is 6.31. The van der Waals surface area contributed by atoms with Crippen LogP contribution in [-0.4, -0.2) is 15.7 Å². The molecule has 0 saturated carbocycles. The minimum atomic E-state index is -2.83. The normalized spacial score (nSPS) is 13.2. The molecule has 0 amide bonds. The van der Waals surface area contributed by atoms with Crippen LogP contribution in [0.1, 0.15) is 30.8 Å². The van der Waals surface area contributed by atoms with Gasteiger partial charge in [-0.25, -0.2) is 8.78 Å². The molecule has 7 heteroatoms. The predicted octanol–water partition coefficient (Wildman–Crippen LogP) is 1.09. The van der Waals surface area contributed by atoms with Crippen molar-refractivity contribution in [1.82, 2.24) is 9.78 Å². The molecule has 84 valence electrons. The maximum Gasteiger partial charge on any atom is 0.283 e. The number of hydrogen-bond acceptors (Lipinski definition) is 3. The zero-order chi connectivity index (χ0) is 11.7. The lowest BCUT2D eigenvalue weighted by atomic mass is 10.3. The van der Waals surface area contributed by atoms with E-state index in [0.717, 1.165) is 4.68 Å². The molecule has 0 unspecified atom stereocenters. The number of nitrogens with zero attached hydrogens (tertiary/aromatic N) is 2. The Bertz CT molecular complexity index is 392. The Morgan fingerprint density at radius 1 is 1.60 bits per heavy atom. The van der Waals surface area contributed by atoms with E-state index in [1.165, 1.54) is 13.8 Å². The van der Waals surface area contributed by atoms with Crippen molar-refractivity contribution in [3.05, 3.63) is 16.4 Å². The molecule has 1 atom stereocenters. The fourth-order valence-electron chi connectivity index (χ4n) is 1.14. The Balaban J connectivity index is 3.21. The summed E-state index contributed by atoms with van der Waals surface area (Å²) in [7, 11) is 0. The number of aromatic nitrogens is 2. The van der Waals surface area contributed by atoms with Crippen molar-refractivity contribution in [1.29, 1.82) is 0 Å². The van der Waals surface area contributed by atoms with Gasteiger partial charge in [0.15, 0.2) is 0 Å². The molecule has 1 aromatic rings. The number of halogens is 3. The summed E-state index contributed by atoms with van der Waals surface area (Å²) in [6.45, 7) is 2.70. The molecule has 0 fully saturated rings. The van der Waals surface area contributed by atoms with Crippen LogP contribution in [0.25, 0.3) is 0 Å². The highest BCUT2D eigenvalue weighted by Crippen LogP contribution is 2.29. The molecule has 0 bridgehead atoms. The van der Waals surface area contributed by atoms with Crippen LogP contribution in [0.5, 0.6) is 0 Å². The highest BCUT2D eigenvalue weighted by Gasteiger charge is 2.22. The molecule has 0 aliphatic rings. The number of carboxylic acid groups (broad SMARTS) is 1. The van der Waals surface area contributed by atoms with E-state index < -0.39 is 24.1 Å². The van der Waals surface area contributed by atoms with Crippen molar-refractivity contribution in [3.8, 4) is 0 Å². The first-order valence-electron chi connectivity index (χ1n) is 4.09. The van der Waals surface area contributed by atoms with E-state index in [9.17, 15) is 18.7 Å². The van der Waals surface area contributed by atoms with Crippen molar-refractivity contribution in [3.63, 3.8) is 0 Å². The Morgan fingerprint density at radius 3 is 2.47 bits per heavy atom. The van der Waals surface area contributed by atoms with E-state index in [4.69, 9.17) is 11.6 Å². The van der Waals surface area contributed by atoms with Gasteiger partial charge in [-0.15, -0.1) is 0 Å². The monoisotopic (exact) mass is 237 g/mol. The third-order valence-electron chi connectivity index (χ3n) is 2.02. The van der Waals surface area contributed by atoms with Crippen molar-refractivity contribution in [2.24, 2.45) is 0 Å². The van der Waals surface area contributed by atoms with E-state index >= 15 is 0 Å². The van der Waals surface area contributed by atoms with Crippen LogP contribution < -0.4 is 5.11 Å². The minimum absolute atomic E-state index is 0.184. The average molecular weight is 238 g/mol. The number of rotatable bonds is 3. The summed E-state index contributed by atoms with van der Waals surface area (Å²) in [5.41, 5.74) is -0.425. The van der Waals surface area contributed by atoms with Gasteiger partial charge in [0, 0.05) is 0 Å². The number of hydrogen-bond donors (Lipinski definition) is 0. The average Bonchev–Trinajstić information content (AvgIpc) is 2.43. The molecule has 0 aromatic carbocycles. The molecule has 1 aromatic heterocycles. The number of carbonyl (C=O) groups is 1. The van der Waals surface area contributed by atoms with Gasteiger partial charge in [0.2, 0.25) is 0 Å². The van der Waals surface area contributed by atoms with Gasteiger partial charge in [0.25, 0.3) is 6.43 Å². The van der Waals surface area contributed by atoms with Crippen LogP contribution in [0.4, 0.5) is 8.78 Å². The minimum Gasteiger partial charge on any atom is -0.548 e. The quantitative estimate of drug-likeness (QED) is 0.791. The Morgan fingerprint density at radius 2 is 2.13 bits per heavy atom. The highest BCUT2D eigenvalue weighted by atomic mass is 35.5. The fourth-order valence-corrected chi connectivity index (χ4v) is 1.34. The zero-order valence-electron chi connectivity index (χ0n) is 8.00. The van der Waals surface area contributed by atoms with Crippen LogP contribution in [0.15, 0.2) is 0 Å². The van der Waals surface area contributed by atoms with Gasteiger partial charge in [-0.05, 0) is 13.8 Å². The molecule has 0 spiro atoms. The second kappa shape index (κ2) is 4.14. The fraction of sp³-hybridized carbons (Fsp3) is 0.500. The van der Waals surface area contributed by atoms with Crippen LogP contribution in [0.3, 0.4) is 0 Å². The number of carboxylic acids is 1. The summed E-state index contributed by atoms with van der Waals surface area (Å²) in [5, 5.41) is 13.8. The lowest BCUT2D eigenvalue weighted by molar-refractivity contribution is -0.310. The molecule has 0 N–H and O–H groups in total. The van der Waals surface area contributed by atoms with Crippen molar-refractivity contribution in [2.45, 2.75) is 26.3 Å². The topological polar surface area (TPSA) is 58.0 Å². The van der Waals surface area contributed by atoms with E-state index in [-0.39, 0.29) is 10.7 Å². The molecule has 0 radical (unpaired) electrons. The molecule has 15 heavy (non-hydrogen) atoms. The number of carbonyl (C=O) groups excluding carboxylic acids is 1. The maximum atomic E-state index is 12.4. The van der Waals surface area contributed by atoms with Gasteiger partial charge >= 0.3 is 0 Å². The molecular weight excluding hydrogens is 230 g/mol. The van der Waals surface area contributed by atoms with Crippen molar-refractivity contribution < 1.29 is 18.7 Å². The number of alkyl halides is 2. The summed E-state index contributed by atoms with van der Waals surface area (Å²) < 4.78 is 25.6. The summed E-state index contributed by atoms with van der Waals surface area (Å²) in [5.74, 6) is -1.40. The number of aliphatic carboxylic acids is 1. The lowest BCUT2D eigenvalue weighted by Crippen LogP contribution is -2.32. The lowest BCUT2D eigenvalue weighted by Gasteiger charge is -2.14. The van der Waals surface area contributed by atoms with Gasteiger partial charge in [-0.1, -0.05) is 11.6 Å². The molecule has 0 aliphatic carbocycles. The molecule has 0 aliphatic heterocycles. The van der Waals surface area contributed by atoms with E-state index in [2.05, 4.69) is 5.10 Å². The molecule has 1 heterocycles. The first kappa shape index (κ1) is 11.9. The van der Waals surface area contributed by atoms with Gasteiger partial charge in [0.05, 0.1) is 22.7 Å². The van der Waals surface area contributed by atoms with Crippen molar-refractivity contribution in [2.75, 3.05) is 0 Å². The maximum absolute atomic E-state index is 12.4. The third-order valence-corrected chi connectivity index (χ3v) is 2.48. The first-order chi connectivity index (χ1) is 6.86. The molecule has 1 rings (SSSR count). The van der Waals surface area contributed by atoms with E-state index in [1.54, 1.807) is 0 Å². The predicted molar refractivity (Wildman–Crippen MR) is 46.6 cm³/mol. The SMILES string of the molecule is Cc1c(Cl)c(C(F)F)nn1[C@@H](C)C(=O)[O-]. The Hall–Kier alpha value is -1.17. The van der Waals surface area contributed by atoms with Crippen LogP contribution in [0.2, 0.25) is 5.02 Å². The first-order valence-corrected chi connectivity index (χ1v) is 4.47. The molecular formula is C8H8ClF2N2O2-. The molecule has 0 saturated heterocycles. The molecule has 4 nitrogen and oxygen atoms in total. The van der Waals surface area contributed by atoms with Gasteiger partial charge in [0.1, 0.15) is 5.69 Å². The van der Waals surface area contributed by atoms with Gasteiger partial charge in [-0.3, -0.25) is 4.68 Å². The van der Waals surface area contributed by atoms with E-state index in [0.29, 0.717) is 0 Å².